The lowest BCUT2D eigenvalue weighted by Crippen LogP contribution is -2.49. The number of halogens is 2. The molecule has 1 saturated heterocycles. The Balaban J connectivity index is 1.43. The number of hydrogen-bond donors (Lipinski definition) is 0. The van der Waals surface area contributed by atoms with Crippen molar-refractivity contribution in [1.29, 1.82) is 0 Å². The number of rotatable bonds is 3. The first-order chi connectivity index (χ1) is 13.1. The van der Waals surface area contributed by atoms with Crippen molar-refractivity contribution in [2.24, 2.45) is 0 Å². The number of benzene rings is 2. The molecule has 2 heterocycles. The third-order valence-corrected chi connectivity index (χ3v) is 4.71. The fraction of sp³-hybridized carbons (Fsp3) is 0.211. The van der Waals surface area contributed by atoms with Crippen LogP contribution in [0, 0.1) is 5.82 Å². The summed E-state index contributed by atoms with van der Waals surface area (Å²) < 4.78 is 19.4. The molecule has 0 unspecified atom stereocenters. The number of hydrogen-bond acceptors (Lipinski definition) is 5. The van der Waals surface area contributed by atoms with Crippen molar-refractivity contribution in [3.8, 4) is 11.5 Å². The van der Waals surface area contributed by atoms with Crippen molar-refractivity contribution in [3.05, 3.63) is 65.3 Å². The molecule has 1 aromatic heterocycles. The standard InChI is InChI=1S/C19H16ClFN4O2/c20-14-7-5-13(6-8-14)17-22-23-18(27-17)19(26)25-11-9-24(10-12-25)16-4-2-1-3-15(16)21/h1-8H,9-12H2. The maximum absolute atomic E-state index is 13.9. The van der Waals surface area contributed by atoms with Crippen LogP contribution in [0.25, 0.3) is 11.5 Å². The molecule has 138 valence electrons. The number of anilines is 1. The summed E-state index contributed by atoms with van der Waals surface area (Å²) in [6, 6.07) is 13.6. The second kappa shape index (κ2) is 7.36. The molecule has 6 nitrogen and oxygen atoms in total. The van der Waals surface area contributed by atoms with Gasteiger partial charge in [-0.1, -0.05) is 23.7 Å². The molecule has 0 aliphatic carbocycles. The van der Waals surface area contributed by atoms with Crippen molar-refractivity contribution < 1.29 is 13.6 Å². The summed E-state index contributed by atoms with van der Waals surface area (Å²) in [7, 11) is 0. The van der Waals surface area contributed by atoms with E-state index in [2.05, 4.69) is 10.2 Å². The molecule has 27 heavy (non-hydrogen) atoms. The van der Waals surface area contributed by atoms with Crippen LogP contribution in [0.15, 0.2) is 52.9 Å². The van der Waals surface area contributed by atoms with Gasteiger partial charge in [0.1, 0.15) is 5.82 Å². The van der Waals surface area contributed by atoms with E-state index in [1.54, 1.807) is 47.4 Å². The van der Waals surface area contributed by atoms with Crippen LogP contribution < -0.4 is 4.90 Å². The average molecular weight is 387 g/mol. The predicted octanol–water partition coefficient (Wildman–Crippen LogP) is 3.49. The lowest BCUT2D eigenvalue weighted by molar-refractivity contribution is 0.0707. The SMILES string of the molecule is O=C(c1nnc(-c2ccc(Cl)cc2)o1)N1CCN(c2ccccc2F)CC1. The van der Waals surface area contributed by atoms with Gasteiger partial charge in [0.15, 0.2) is 0 Å². The van der Waals surface area contributed by atoms with Crippen LogP contribution >= 0.6 is 11.6 Å². The molecule has 1 aliphatic heterocycles. The molecule has 0 radical (unpaired) electrons. The highest BCUT2D eigenvalue weighted by molar-refractivity contribution is 6.30. The Hall–Kier alpha value is -2.93. The smallest absolute Gasteiger partial charge is 0.311 e. The Morgan fingerprint density at radius 1 is 1.00 bits per heavy atom. The fourth-order valence-corrected chi connectivity index (χ4v) is 3.14. The molecule has 2 aromatic carbocycles. The number of carbonyl (C=O) groups is 1. The van der Waals surface area contributed by atoms with E-state index in [0.29, 0.717) is 42.5 Å². The molecule has 1 aliphatic rings. The Labute approximate surface area is 160 Å². The van der Waals surface area contributed by atoms with E-state index in [0.717, 1.165) is 0 Å². The quantitative estimate of drug-likeness (QED) is 0.689. The van der Waals surface area contributed by atoms with Gasteiger partial charge in [-0.3, -0.25) is 4.79 Å². The molecule has 1 fully saturated rings. The monoisotopic (exact) mass is 386 g/mol. The molecule has 8 heteroatoms. The largest absolute Gasteiger partial charge is 0.412 e. The maximum Gasteiger partial charge on any atom is 0.311 e. The average Bonchev–Trinajstić information content (AvgIpc) is 3.19. The second-order valence-electron chi connectivity index (χ2n) is 6.15. The molecule has 3 aromatic rings. The summed E-state index contributed by atoms with van der Waals surface area (Å²) in [5, 5.41) is 8.41. The molecule has 1 amide bonds. The molecule has 0 bridgehead atoms. The van der Waals surface area contributed by atoms with Gasteiger partial charge < -0.3 is 14.2 Å². The summed E-state index contributed by atoms with van der Waals surface area (Å²) >= 11 is 5.87. The maximum atomic E-state index is 13.9. The molecular weight excluding hydrogens is 371 g/mol. The summed E-state index contributed by atoms with van der Waals surface area (Å²) in [5.41, 5.74) is 1.24. The summed E-state index contributed by atoms with van der Waals surface area (Å²) in [5.74, 6) is -0.378. The van der Waals surface area contributed by atoms with Gasteiger partial charge in [0.05, 0.1) is 5.69 Å². The van der Waals surface area contributed by atoms with Crippen molar-refractivity contribution in [2.75, 3.05) is 31.1 Å². The first kappa shape index (κ1) is 17.5. The Morgan fingerprint density at radius 2 is 1.70 bits per heavy atom. The van der Waals surface area contributed by atoms with Crippen molar-refractivity contribution in [2.45, 2.75) is 0 Å². The van der Waals surface area contributed by atoms with Crippen LogP contribution in [0.1, 0.15) is 10.7 Å². The lowest BCUT2D eigenvalue weighted by atomic mass is 10.2. The molecule has 0 atom stereocenters. The van der Waals surface area contributed by atoms with Gasteiger partial charge in [-0.2, -0.15) is 0 Å². The summed E-state index contributed by atoms with van der Waals surface area (Å²) in [4.78, 5) is 16.2. The van der Waals surface area contributed by atoms with Gasteiger partial charge in [-0.15, -0.1) is 10.2 Å². The zero-order valence-corrected chi connectivity index (χ0v) is 15.1. The van der Waals surface area contributed by atoms with Gasteiger partial charge in [0, 0.05) is 36.8 Å². The summed E-state index contributed by atoms with van der Waals surface area (Å²) in [6.07, 6.45) is 0. The van der Waals surface area contributed by atoms with E-state index >= 15 is 0 Å². The van der Waals surface area contributed by atoms with E-state index in [-0.39, 0.29) is 23.5 Å². The highest BCUT2D eigenvalue weighted by Crippen LogP contribution is 2.22. The predicted molar refractivity (Wildman–Crippen MR) is 99.3 cm³/mol. The number of piperazine rings is 1. The van der Waals surface area contributed by atoms with Crippen molar-refractivity contribution >= 4 is 23.2 Å². The van der Waals surface area contributed by atoms with E-state index in [4.69, 9.17) is 16.0 Å². The van der Waals surface area contributed by atoms with Crippen LogP contribution in [-0.4, -0.2) is 47.2 Å². The van der Waals surface area contributed by atoms with E-state index in [1.807, 2.05) is 4.90 Å². The Kier molecular flexibility index (Phi) is 4.77. The van der Waals surface area contributed by atoms with Crippen LogP contribution in [-0.2, 0) is 0 Å². The molecule has 4 rings (SSSR count). The van der Waals surface area contributed by atoms with Crippen LogP contribution in [0.4, 0.5) is 10.1 Å². The van der Waals surface area contributed by atoms with Crippen LogP contribution in [0.5, 0.6) is 0 Å². The molecule has 0 N–H and O–H groups in total. The second-order valence-corrected chi connectivity index (χ2v) is 6.59. The summed E-state index contributed by atoms with van der Waals surface area (Å²) in [6.45, 7) is 1.97. The first-order valence-corrected chi connectivity index (χ1v) is 8.88. The number of amides is 1. The minimum absolute atomic E-state index is 0.0562. The Morgan fingerprint density at radius 3 is 2.41 bits per heavy atom. The van der Waals surface area contributed by atoms with Gasteiger partial charge in [-0.05, 0) is 36.4 Å². The third-order valence-electron chi connectivity index (χ3n) is 4.46. The van der Waals surface area contributed by atoms with Crippen molar-refractivity contribution in [3.63, 3.8) is 0 Å². The number of nitrogens with zero attached hydrogens (tertiary/aromatic N) is 4. The van der Waals surface area contributed by atoms with E-state index in [9.17, 15) is 9.18 Å². The van der Waals surface area contributed by atoms with Gasteiger partial charge in [-0.25, -0.2) is 4.39 Å². The highest BCUT2D eigenvalue weighted by atomic mass is 35.5. The normalized spacial score (nSPS) is 14.4. The van der Waals surface area contributed by atoms with Gasteiger partial charge in [0.2, 0.25) is 5.89 Å². The molecule has 0 spiro atoms. The topological polar surface area (TPSA) is 62.5 Å². The number of carbonyl (C=O) groups excluding carboxylic acids is 1. The highest BCUT2D eigenvalue weighted by Gasteiger charge is 2.27. The molecule has 0 saturated carbocycles. The lowest BCUT2D eigenvalue weighted by Gasteiger charge is -2.35. The Bertz CT molecular complexity index is 952. The van der Waals surface area contributed by atoms with E-state index < -0.39 is 0 Å². The van der Waals surface area contributed by atoms with Gasteiger partial charge >= 0.3 is 11.8 Å². The number of aromatic nitrogens is 2. The number of para-hydroxylation sites is 1. The van der Waals surface area contributed by atoms with Crippen LogP contribution in [0.3, 0.4) is 0 Å². The zero-order chi connectivity index (χ0) is 18.8. The zero-order valence-electron chi connectivity index (χ0n) is 14.3. The van der Waals surface area contributed by atoms with E-state index in [1.165, 1.54) is 6.07 Å². The third kappa shape index (κ3) is 3.64. The fourth-order valence-electron chi connectivity index (χ4n) is 3.01. The van der Waals surface area contributed by atoms with Crippen LogP contribution in [0.2, 0.25) is 5.02 Å². The minimum Gasteiger partial charge on any atom is -0.412 e. The first-order valence-electron chi connectivity index (χ1n) is 8.50. The molecular formula is C19H16ClFN4O2. The van der Waals surface area contributed by atoms with Gasteiger partial charge in [0.25, 0.3) is 0 Å². The minimum atomic E-state index is -0.323. The van der Waals surface area contributed by atoms with Crippen molar-refractivity contribution in [1.82, 2.24) is 15.1 Å².